The zero-order chi connectivity index (χ0) is 17.1. The average molecular weight is 332 g/mol. The Bertz CT molecular complexity index is 567. The normalized spacial score (nSPS) is 52.6. The molecule has 0 heterocycles. The van der Waals surface area contributed by atoms with Crippen molar-refractivity contribution in [1.29, 1.82) is 0 Å². The van der Waals surface area contributed by atoms with E-state index in [2.05, 4.69) is 13.8 Å². The minimum Gasteiger partial charge on any atom is -0.504 e. The summed E-state index contributed by atoms with van der Waals surface area (Å²) in [5.74, 6) is 2.95. The third-order valence-electron chi connectivity index (χ3n) is 8.64. The van der Waals surface area contributed by atoms with Crippen LogP contribution in [0.25, 0.3) is 0 Å². The first-order valence-corrected chi connectivity index (χ1v) is 9.83. The van der Waals surface area contributed by atoms with Crippen molar-refractivity contribution in [1.82, 2.24) is 0 Å². The van der Waals surface area contributed by atoms with Crippen LogP contribution in [-0.4, -0.2) is 24.1 Å². The number of ether oxygens (including phenoxy) is 1. The van der Waals surface area contributed by atoms with E-state index in [0.29, 0.717) is 30.0 Å². The molecule has 4 rings (SSSR count). The van der Waals surface area contributed by atoms with Crippen LogP contribution in [0, 0.1) is 34.5 Å². The lowest BCUT2D eigenvalue weighted by Crippen LogP contribution is -2.54. The van der Waals surface area contributed by atoms with Gasteiger partial charge < -0.3 is 9.84 Å². The fourth-order valence-corrected chi connectivity index (χ4v) is 7.23. The highest BCUT2D eigenvalue weighted by Gasteiger charge is 2.60. The average Bonchev–Trinajstić information content (AvgIpc) is 2.85. The van der Waals surface area contributed by atoms with E-state index >= 15 is 0 Å². The molecule has 4 fully saturated rings. The second-order valence-corrected chi connectivity index (χ2v) is 9.48. The van der Waals surface area contributed by atoms with Crippen molar-refractivity contribution in [2.24, 2.45) is 34.5 Å². The molecule has 0 bridgehead atoms. The fraction of sp³-hybridized carbons (Fsp3) is 0.857. The highest BCUT2D eigenvalue weighted by molar-refractivity contribution is 5.96. The van der Waals surface area contributed by atoms with Gasteiger partial charge in [0.25, 0.3) is 0 Å². The molecule has 0 aliphatic heterocycles. The van der Waals surface area contributed by atoms with Gasteiger partial charge in [0.05, 0.1) is 19.5 Å². The topological polar surface area (TPSA) is 46.5 Å². The summed E-state index contributed by atoms with van der Waals surface area (Å²) < 4.78 is 5.20. The van der Waals surface area contributed by atoms with Crippen molar-refractivity contribution in [3.8, 4) is 0 Å². The largest absolute Gasteiger partial charge is 0.504 e. The Balaban J connectivity index is 1.65. The first-order valence-electron chi connectivity index (χ1n) is 9.83. The maximum absolute atomic E-state index is 12.4. The van der Waals surface area contributed by atoms with Gasteiger partial charge in [-0.3, -0.25) is 4.79 Å². The molecular weight excluding hydrogens is 300 g/mol. The number of ketones is 1. The van der Waals surface area contributed by atoms with E-state index in [1.807, 2.05) is 0 Å². The number of fused-ring (bicyclic) bond motifs is 5. The van der Waals surface area contributed by atoms with E-state index in [1.165, 1.54) is 25.7 Å². The zero-order valence-corrected chi connectivity index (χ0v) is 15.4. The molecule has 4 aliphatic rings. The quantitative estimate of drug-likeness (QED) is 0.581. The standard InChI is InChI=1S/C21H32O3/c1-20-9-8-17-15(16(20)6-7-19(20)23)5-4-14-10-18(22)13(12-24-3)11-21(14,17)2/h12,14-17,19,23H,4-11H2,1-3H3/b13-12+/t14-,15?,16?,17?,19?,20-,21-/m1/s1. The molecule has 0 saturated heterocycles. The van der Waals surface area contributed by atoms with E-state index in [4.69, 9.17) is 4.74 Å². The molecular formula is C21H32O3. The molecule has 4 unspecified atom stereocenters. The van der Waals surface area contributed by atoms with Crippen LogP contribution in [0.1, 0.15) is 65.2 Å². The summed E-state index contributed by atoms with van der Waals surface area (Å²) in [6.07, 6.45) is 10.2. The Kier molecular flexibility index (Phi) is 3.87. The number of rotatable bonds is 1. The van der Waals surface area contributed by atoms with E-state index in [1.54, 1.807) is 13.4 Å². The zero-order valence-electron chi connectivity index (χ0n) is 15.4. The Morgan fingerprint density at radius 1 is 1.08 bits per heavy atom. The first-order chi connectivity index (χ1) is 11.4. The second kappa shape index (κ2) is 5.59. The van der Waals surface area contributed by atoms with Crippen LogP contribution in [-0.2, 0) is 9.53 Å². The summed E-state index contributed by atoms with van der Waals surface area (Å²) in [7, 11) is 1.64. The van der Waals surface area contributed by atoms with Crippen LogP contribution in [0.2, 0.25) is 0 Å². The number of methoxy groups -OCH3 is 1. The lowest BCUT2D eigenvalue weighted by Gasteiger charge is -2.60. The van der Waals surface area contributed by atoms with Gasteiger partial charge in [0, 0.05) is 12.0 Å². The highest BCUT2D eigenvalue weighted by atomic mass is 16.5. The van der Waals surface area contributed by atoms with E-state index < -0.39 is 0 Å². The lowest BCUT2D eigenvalue weighted by atomic mass is 9.45. The summed E-state index contributed by atoms with van der Waals surface area (Å²) in [5, 5.41) is 10.5. The third kappa shape index (κ3) is 2.16. The summed E-state index contributed by atoms with van der Waals surface area (Å²) in [5.41, 5.74) is 1.27. The molecule has 0 radical (unpaired) electrons. The molecule has 0 aromatic heterocycles. The van der Waals surface area contributed by atoms with Crippen molar-refractivity contribution >= 4 is 5.78 Å². The summed E-state index contributed by atoms with van der Waals surface area (Å²) in [6, 6.07) is 0. The summed E-state index contributed by atoms with van der Waals surface area (Å²) in [6.45, 7) is 4.78. The summed E-state index contributed by atoms with van der Waals surface area (Å²) in [4.78, 5) is 12.4. The van der Waals surface area contributed by atoms with Crippen LogP contribution in [0.5, 0.6) is 0 Å². The van der Waals surface area contributed by atoms with Crippen molar-refractivity contribution in [2.45, 2.75) is 71.3 Å². The maximum Gasteiger partial charge on any atom is 0.162 e. The van der Waals surface area contributed by atoms with Crippen LogP contribution in [0.4, 0.5) is 0 Å². The van der Waals surface area contributed by atoms with E-state index in [0.717, 1.165) is 30.8 Å². The van der Waals surface area contributed by atoms with Crippen LogP contribution < -0.4 is 0 Å². The molecule has 0 aromatic carbocycles. The Morgan fingerprint density at radius 3 is 2.58 bits per heavy atom. The number of carbonyl (C=O) groups is 1. The molecule has 0 aromatic rings. The van der Waals surface area contributed by atoms with Gasteiger partial charge in [-0.25, -0.2) is 0 Å². The van der Waals surface area contributed by atoms with Crippen molar-refractivity contribution in [2.75, 3.05) is 7.11 Å². The van der Waals surface area contributed by atoms with Crippen LogP contribution in [0.3, 0.4) is 0 Å². The Hall–Kier alpha value is -0.830. The molecule has 7 atom stereocenters. The molecule has 1 N–H and O–H groups in total. The monoisotopic (exact) mass is 332 g/mol. The minimum atomic E-state index is -0.106. The van der Waals surface area contributed by atoms with Crippen LogP contribution >= 0.6 is 0 Å². The molecule has 4 saturated carbocycles. The summed E-state index contributed by atoms with van der Waals surface area (Å²) >= 11 is 0. The van der Waals surface area contributed by atoms with Gasteiger partial charge in [0.15, 0.2) is 5.78 Å². The molecule has 3 heteroatoms. The van der Waals surface area contributed by atoms with Crippen molar-refractivity contribution in [3.05, 3.63) is 11.8 Å². The lowest BCUT2D eigenvalue weighted by molar-refractivity contribution is -0.135. The van der Waals surface area contributed by atoms with Crippen molar-refractivity contribution < 1.29 is 14.6 Å². The van der Waals surface area contributed by atoms with Gasteiger partial charge in [0.1, 0.15) is 0 Å². The highest BCUT2D eigenvalue weighted by Crippen LogP contribution is 2.66. The smallest absolute Gasteiger partial charge is 0.162 e. The number of carbonyl (C=O) groups excluding carboxylic acids is 1. The molecule has 4 aliphatic carbocycles. The molecule has 0 spiro atoms. The maximum atomic E-state index is 12.4. The molecule has 3 nitrogen and oxygen atoms in total. The molecule has 24 heavy (non-hydrogen) atoms. The first kappa shape index (κ1) is 16.6. The Morgan fingerprint density at radius 2 is 1.83 bits per heavy atom. The Labute approximate surface area is 145 Å². The number of aliphatic hydroxyl groups is 1. The number of hydrogen-bond donors (Lipinski definition) is 1. The number of hydrogen-bond acceptors (Lipinski definition) is 3. The van der Waals surface area contributed by atoms with Crippen LogP contribution in [0.15, 0.2) is 11.8 Å². The van der Waals surface area contributed by atoms with Gasteiger partial charge in [-0.2, -0.15) is 0 Å². The van der Waals surface area contributed by atoms with Crippen molar-refractivity contribution in [3.63, 3.8) is 0 Å². The van der Waals surface area contributed by atoms with E-state index in [-0.39, 0.29) is 16.9 Å². The fourth-order valence-electron chi connectivity index (χ4n) is 7.23. The van der Waals surface area contributed by atoms with Gasteiger partial charge in [-0.15, -0.1) is 0 Å². The van der Waals surface area contributed by atoms with Gasteiger partial charge in [-0.1, -0.05) is 13.8 Å². The predicted molar refractivity (Wildman–Crippen MR) is 93.2 cm³/mol. The molecule has 0 amide bonds. The molecule has 134 valence electrons. The second-order valence-electron chi connectivity index (χ2n) is 9.48. The number of aliphatic hydroxyl groups excluding tert-OH is 1. The predicted octanol–water partition coefficient (Wildman–Crippen LogP) is 4.10. The van der Waals surface area contributed by atoms with Gasteiger partial charge in [-0.05, 0) is 79.4 Å². The number of Topliss-reactive ketones (excluding diaryl/α,β-unsaturated/α-hetero) is 1. The van der Waals surface area contributed by atoms with Gasteiger partial charge >= 0.3 is 0 Å². The third-order valence-corrected chi connectivity index (χ3v) is 8.64. The van der Waals surface area contributed by atoms with Gasteiger partial charge in [0.2, 0.25) is 0 Å². The minimum absolute atomic E-state index is 0.106. The van der Waals surface area contributed by atoms with E-state index in [9.17, 15) is 9.90 Å². The number of allylic oxidation sites excluding steroid dienone is 1. The SMILES string of the molecule is CO/C=C1\C[C@@]2(C)C3CC[C@@]4(C)C(O)CCC4C3CC[C@@H]2CC1=O.